The molecule has 3 nitrogen and oxygen atoms in total. The average Bonchev–Trinajstić information content (AvgIpc) is 3.23. The maximum atomic E-state index is 12.9. The van der Waals surface area contributed by atoms with E-state index < -0.39 is 0 Å². The summed E-state index contributed by atoms with van der Waals surface area (Å²) in [6.07, 6.45) is 2.10. The molecule has 2 heterocycles. The number of nitrogens with zero attached hydrogens (tertiary/aromatic N) is 2. The van der Waals surface area contributed by atoms with Gasteiger partial charge in [-0.15, -0.1) is 11.3 Å². The molecule has 1 fully saturated rings. The monoisotopic (exact) mass is 308 g/mol. The van der Waals surface area contributed by atoms with Gasteiger partial charge in [-0.25, -0.2) is 4.98 Å². The van der Waals surface area contributed by atoms with Crippen LogP contribution in [0.5, 0.6) is 0 Å². The van der Waals surface area contributed by atoms with Gasteiger partial charge in [-0.3, -0.25) is 4.79 Å². The van der Waals surface area contributed by atoms with Gasteiger partial charge in [-0.05, 0) is 36.6 Å². The summed E-state index contributed by atoms with van der Waals surface area (Å²) in [5, 5.41) is 0. The van der Waals surface area contributed by atoms with E-state index in [1.54, 1.807) is 11.3 Å². The molecule has 0 N–H and O–H groups in total. The van der Waals surface area contributed by atoms with E-state index in [1.807, 2.05) is 46.8 Å². The zero-order chi connectivity index (χ0) is 14.9. The molecule has 0 bridgehead atoms. The summed E-state index contributed by atoms with van der Waals surface area (Å²) < 4.78 is 1.07. The van der Waals surface area contributed by atoms with Gasteiger partial charge in [-0.2, -0.15) is 0 Å². The van der Waals surface area contributed by atoms with Crippen LogP contribution < -0.4 is 0 Å². The SMILES string of the molecule is O=C(c1ccc2ncsc2c1)N1CCC[C@@H]1c1ccccc1. The van der Waals surface area contributed by atoms with Crippen molar-refractivity contribution in [3.05, 3.63) is 65.2 Å². The Labute approximate surface area is 133 Å². The highest BCUT2D eigenvalue weighted by Gasteiger charge is 2.30. The number of hydrogen-bond donors (Lipinski definition) is 0. The zero-order valence-corrected chi connectivity index (χ0v) is 12.9. The number of fused-ring (bicyclic) bond motifs is 1. The molecule has 1 saturated heterocycles. The van der Waals surface area contributed by atoms with E-state index >= 15 is 0 Å². The molecule has 2 aromatic carbocycles. The second kappa shape index (κ2) is 5.54. The summed E-state index contributed by atoms with van der Waals surface area (Å²) in [5.41, 5.74) is 4.77. The number of hydrogen-bond acceptors (Lipinski definition) is 3. The molecular formula is C18H16N2OS. The summed E-state index contributed by atoms with van der Waals surface area (Å²) in [5.74, 6) is 0.127. The first-order chi connectivity index (χ1) is 10.8. The Hall–Kier alpha value is -2.20. The van der Waals surface area contributed by atoms with Gasteiger partial charge in [0, 0.05) is 12.1 Å². The normalized spacial score (nSPS) is 18.0. The van der Waals surface area contributed by atoms with E-state index in [-0.39, 0.29) is 11.9 Å². The van der Waals surface area contributed by atoms with Crippen molar-refractivity contribution in [3.63, 3.8) is 0 Å². The lowest BCUT2D eigenvalue weighted by molar-refractivity contribution is 0.0736. The summed E-state index contributed by atoms with van der Waals surface area (Å²) in [6, 6.07) is 16.3. The second-order valence-electron chi connectivity index (χ2n) is 5.60. The third kappa shape index (κ3) is 2.29. The molecule has 1 aromatic heterocycles. The van der Waals surface area contributed by atoms with Crippen LogP contribution in [0.15, 0.2) is 54.0 Å². The van der Waals surface area contributed by atoms with Gasteiger partial charge in [0.2, 0.25) is 0 Å². The van der Waals surface area contributed by atoms with Crippen LogP contribution >= 0.6 is 11.3 Å². The number of thiazole rings is 1. The number of carbonyl (C=O) groups excluding carboxylic acids is 1. The molecule has 1 amide bonds. The van der Waals surface area contributed by atoms with Crippen molar-refractivity contribution < 1.29 is 4.79 Å². The van der Waals surface area contributed by atoms with Gasteiger partial charge < -0.3 is 4.90 Å². The number of benzene rings is 2. The first-order valence-electron chi connectivity index (χ1n) is 7.52. The standard InChI is InChI=1S/C18H16N2OS/c21-18(14-8-9-15-17(11-14)22-12-19-15)20-10-4-7-16(20)13-5-2-1-3-6-13/h1-3,5-6,8-9,11-12,16H,4,7,10H2/t16-/m1/s1. The van der Waals surface area contributed by atoms with E-state index in [0.29, 0.717) is 0 Å². The molecule has 22 heavy (non-hydrogen) atoms. The first-order valence-corrected chi connectivity index (χ1v) is 8.40. The van der Waals surface area contributed by atoms with E-state index in [2.05, 4.69) is 17.1 Å². The number of carbonyl (C=O) groups is 1. The van der Waals surface area contributed by atoms with Gasteiger partial charge in [0.1, 0.15) is 0 Å². The highest BCUT2D eigenvalue weighted by Crippen LogP contribution is 2.33. The van der Waals surface area contributed by atoms with Crippen molar-refractivity contribution >= 4 is 27.5 Å². The van der Waals surface area contributed by atoms with Crippen molar-refractivity contribution in [1.82, 2.24) is 9.88 Å². The van der Waals surface area contributed by atoms with Crippen LogP contribution in [0.2, 0.25) is 0 Å². The van der Waals surface area contributed by atoms with Crippen molar-refractivity contribution in [2.45, 2.75) is 18.9 Å². The summed E-state index contributed by atoms with van der Waals surface area (Å²) in [4.78, 5) is 19.2. The lowest BCUT2D eigenvalue weighted by Gasteiger charge is -2.25. The molecule has 4 heteroatoms. The van der Waals surface area contributed by atoms with Crippen LogP contribution in [-0.4, -0.2) is 22.3 Å². The van der Waals surface area contributed by atoms with Crippen LogP contribution in [-0.2, 0) is 0 Å². The van der Waals surface area contributed by atoms with Gasteiger partial charge in [0.15, 0.2) is 0 Å². The molecule has 0 saturated carbocycles. The molecule has 4 rings (SSSR count). The van der Waals surface area contributed by atoms with Crippen LogP contribution in [0.3, 0.4) is 0 Å². The van der Waals surface area contributed by atoms with E-state index in [1.165, 1.54) is 5.56 Å². The number of likely N-dealkylation sites (tertiary alicyclic amines) is 1. The summed E-state index contributed by atoms with van der Waals surface area (Å²) >= 11 is 1.58. The van der Waals surface area contributed by atoms with Crippen LogP contribution in [0.25, 0.3) is 10.2 Å². The molecule has 0 radical (unpaired) electrons. The predicted molar refractivity (Wildman–Crippen MR) is 89.1 cm³/mol. The fourth-order valence-electron chi connectivity index (χ4n) is 3.19. The smallest absolute Gasteiger partial charge is 0.254 e. The molecule has 110 valence electrons. The van der Waals surface area contributed by atoms with Crippen molar-refractivity contribution in [2.75, 3.05) is 6.54 Å². The number of amides is 1. The number of aromatic nitrogens is 1. The van der Waals surface area contributed by atoms with E-state index in [4.69, 9.17) is 0 Å². The first kappa shape index (κ1) is 13.5. The summed E-state index contributed by atoms with van der Waals surface area (Å²) in [6.45, 7) is 0.832. The summed E-state index contributed by atoms with van der Waals surface area (Å²) in [7, 11) is 0. The Bertz CT molecular complexity index is 812. The van der Waals surface area contributed by atoms with Gasteiger partial charge >= 0.3 is 0 Å². The Morgan fingerprint density at radius 3 is 2.91 bits per heavy atom. The largest absolute Gasteiger partial charge is 0.332 e. The third-order valence-electron chi connectivity index (χ3n) is 4.28. The minimum atomic E-state index is 0.127. The lowest BCUT2D eigenvalue weighted by atomic mass is 10.0. The van der Waals surface area contributed by atoms with Crippen molar-refractivity contribution in [2.24, 2.45) is 0 Å². The maximum Gasteiger partial charge on any atom is 0.254 e. The van der Waals surface area contributed by atoms with Crippen molar-refractivity contribution in [3.8, 4) is 0 Å². The maximum absolute atomic E-state index is 12.9. The minimum Gasteiger partial charge on any atom is -0.332 e. The fourth-order valence-corrected chi connectivity index (χ4v) is 3.90. The highest BCUT2D eigenvalue weighted by molar-refractivity contribution is 7.16. The lowest BCUT2D eigenvalue weighted by Crippen LogP contribution is -2.30. The third-order valence-corrected chi connectivity index (χ3v) is 5.07. The Morgan fingerprint density at radius 2 is 2.05 bits per heavy atom. The van der Waals surface area contributed by atoms with Crippen molar-refractivity contribution in [1.29, 1.82) is 0 Å². The molecule has 1 aliphatic heterocycles. The Balaban J connectivity index is 1.66. The molecular weight excluding hydrogens is 292 g/mol. The van der Waals surface area contributed by atoms with E-state index in [0.717, 1.165) is 35.2 Å². The quantitative estimate of drug-likeness (QED) is 0.708. The van der Waals surface area contributed by atoms with Crippen LogP contribution in [0, 0.1) is 0 Å². The molecule has 1 atom stereocenters. The Kier molecular flexibility index (Phi) is 3.39. The molecule has 1 aliphatic rings. The molecule has 3 aromatic rings. The molecule has 0 aliphatic carbocycles. The topological polar surface area (TPSA) is 33.2 Å². The van der Waals surface area contributed by atoms with Gasteiger partial charge in [0.25, 0.3) is 5.91 Å². The molecule has 0 spiro atoms. The van der Waals surface area contributed by atoms with Gasteiger partial charge in [-0.1, -0.05) is 30.3 Å². The minimum absolute atomic E-state index is 0.127. The Morgan fingerprint density at radius 1 is 1.18 bits per heavy atom. The fraction of sp³-hybridized carbons (Fsp3) is 0.222. The highest BCUT2D eigenvalue weighted by atomic mass is 32.1. The van der Waals surface area contributed by atoms with Crippen LogP contribution in [0.1, 0.15) is 34.8 Å². The zero-order valence-electron chi connectivity index (χ0n) is 12.1. The van der Waals surface area contributed by atoms with Gasteiger partial charge in [0.05, 0.1) is 21.8 Å². The molecule has 0 unspecified atom stereocenters. The predicted octanol–water partition coefficient (Wildman–Crippen LogP) is 4.27. The van der Waals surface area contributed by atoms with Crippen LogP contribution in [0.4, 0.5) is 0 Å². The average molecular weight is 308 g/mol. The van der Waals surface area contributed by atoms with E-state index in [9.17, 15) is 4.79 Å². The number of rotatable bonds is 2. The second-order valence-corrected chi connectivity index (χ2v) is 6.49.